The van der Waals surface area contributed by atoms with E-state index < -0.39 is 12.2 Å². The number of hydrogen-bond acceptors (Lipinski definition) is 5. The largest absolute Gasteiger partial charge is 0.369 e. The van der Waals surface area contributed by atoms with E-state index in [2.05, 4.69) is 9.98 Å². The van der Waals surface area contributed by atoms with Crippen molar-refractivity contribution in [3.8, 4) is 11.1 Å². The maximum Gasteiger partial charge on any atom is 0.266 e. The molecule has 3 aromatic rings. The first kappa shape index (κ1) is 18.6. The lowest BCUT2D eigenvalue weighted by atomic mass is 9.82. The van der Waals surface area contributed by atoms with Crippen LogP contribution in [0.3, 0.4) is 0 Å². The van der Waals surface area contributed by atoms with Gasteiger partial charge in [0.05, 0.1) is 5.69 Å². The average Bonchev–Trinajstić information content (AvgIpc) is 3.32. The van der Waals surface area contributed by atoms with Gasteiger partial charge in [0, 0.05) is 18.3 Å². The average molecular weight is 415 g/mol. The number of alkyl halides is 1. The zero-order valence-corrected chi connectivity index (χ0v) is 16.5. The highest BCUT2D eigenvalue weighted by molar-refractivity contribution is 7.08. The molecule has 0 spiro atoms. The molecule has 8 heteroatoms. The molecule has 3 heterocycles. The second-order valence-electron chi connectivity index (χ2n) is 6.45. The lowest BCUT2D eigenvalue weighted by Crippen LogP contribution is -2.41. The van der Waals surface area contributed by atoms with Crippen molar-refractivity contribution in [1.82, 2.24) is 9.88 Å². The van der Waals surface area contributed by atoms with Gasteiger partial charge in [0.15, 0.2) is 11.5 Å². The number of thiophene rings is 1. The highest BCUT2D eigenvalue weighted by atomic mass is 35.5. The third kappa shape index (κ3) is 2.87. The Hall–Kier alpha value is -2.77. The van der Waals surface area contributed by atoms with Gasteiger partial charge in [0.25, 0.3) is 5.91 Å². The van der Waals surface area contributed by atoms with Gasteiger partial charge in [-0.15, -0.1) is 0 Å². The maximum atomic E-state index is 13.3. The van der Waals surface area contributed by atoms with E-state index in [1.54, 1.807) is 36.6 Å². The first-order valence-corrected chi connectivity index (χ1v) is 9.76. The Balaban J connectivity index is 1.99. The quantitative estimate of drug-likeness (QED) is 0.702. The van der Waals surface area contributed by atoms with Gasteiger partial charge in [0.2, 0.25) is 0 Å². The number of likely N-dealkylation sites (N-methyl/N-ethyl adjacent to an activating group) is 1. The van der Waals surface area contributed by atoms with Crippen LogP contribution in [-0.4, -0.2) is 28.8 Å². The van der Waals surface area contributed by atoms with E-state index in [1.165, 1.54) is 11.1 Å². The van der Waals surface area contributed by atoms with Crippen molar-refractivity contribution >= 4 is 34.8 Å². The monoisotopic (exact) mass is 414 g/mol. The molecule has 5 nitrogen and oxygen atoms in total. The Labute approximate surface area is 170 Å². The predicted molar refractivity (Wildman–Crippen MR) is 109 cm³/mol. The fourth-order valence-corrected chi connectivity index (χ4v) is 4.25. The van der Waals surface area contributed by atoms with Crippen molar-refractivity contribution in [2.45, 2.75) is 12.2 Å². The number of amides is 1. The molecular weight excluding hydrogens is 399 g/mol. The molecule has 1 unspecified atom stereocenters. The van der Waals surface area contributed by atoms with Gasteiger partial charge in [-0.2, -0.15) is 11.3 Å². The summed E-state index contributed by atoms with van der Waals surface area (Å²) in [5.74, 6) is -0.250. The van der Waals surface area contributed by atoms with Crippen molar-refractivity contribution in [2.24, 2.45) is 10.7 Å². The van der Waals surface area contributed by atoms with Gasteiger partial charge in [-0.3, -0.25) is 14.7 Å². The maximum absolute atomic E-state index is 13.3. The summed E-state index contributed by atoms with van der Waals surface area (Å²) >= 11 is 7.96. The van der Waals surface area contributed by atoms with Crippen LogP contribution in [-0.2, 0) is 17.0 Å². The van der Waals surface area contributed by atoms with Gasteiger partial charge in [-0.05, 0) is 69.4 Å². The van der Waals surface area contributed by atoms with Crippen LogP contribution < -0.4 is 5.73 Å². The molecule has 0 saturated carbocycles. The summed E-state index contributed by atoms with van der Waals surface area (Å²) in [5, 5.41) is 4.43. The summed E-state index contributed by atoms with van der Waals surface area (Å²) in [5.41, 5.74) is 7.67. The Morgan fingerprint density at radius 1 is 1.21 bits per heavy atom. The van der Waals surface area contributed by atoms with Gasteiger partial charge in [-0.1, -0.05) is 11.6 Å². The summed E-state index contributed by atoms with van der Waals surface area (Å²) in [7, 11) is 1.56. The number of pyridine rings is 1. The number of aliphatic imine (C=N–C) groups is 1. The van der Waals surface area contributed by atoms with Crippen molar-refractivity contribution in [2.75, 3.05) is 7.05 Å². The first-order valence-electron chi connectivity index (χ1n) is 8.44. The molecule has 1 aromatic carbocycles. The zero-order chi connectivity index (χ0) is 19.9. The molecule has 0 bridgehead atoms. The number of benzene rings is 1. The van der Waals surface area contributed by atoms with Crippen LogP contribution in [0.15, 0.2) is 58.3 Å². The Bertz CT molecular complexity index is 1090. The van der Waals surface area contributed by atoms with Crippen LogP contribution in [0.4, 0.5) is 4.39 Å². The minimum Gasteiger partial charge on any atom is -0.369 e. The van der Waals surface area contributed by atoms with E-state index in [-0.39, 0.29) is 17.6 Å². The van der Waals surface area contributed by atoms with Crippen LogP contribution >= 0.6 is 22.9 Å². The molecule has 2 aromatic heterocycles. The van der Waals surface area contributed by atoms with Crippen molar-refractivity contribution < 1.29 is 9.18 Å². The minimum atomic E-state index is -1.44. The zero-order valence-electron chi connectivity index (χ0n) is 14.9. The number of nitrogens with two attached hydrogens (primary N) is 1. The Morgan fingerprint density at radius 2 is 2.04 bits per heavy atom. The molecule has 1 aliphatic heterocycles. The number of carbonyl (C=O) groups excluding carboxylic acids is 1. The summed E-state index contributed by atoms with van der Waals surface area (Å²) in [6.07, 6.45) is 1.47. The molecule has 1 atom stereocenters. The molecule has 2 N–H and O–H groups in total. The van der Waals surface area contributed by atoms with E-state index >= 15 is 0 Å². The molecule has 1 aliphatic rings. The van der Waals surface area contributed by atoms with Crippen molar-refractivity contribution in [1.29, 1.82) is 0 Å². The standard InChI is InChI=1S/C20H16ClFN4OS/c1-26-18(27)20(25-19(26)23,14-2-4-24-17(9-14)10-22)15-6-13(7-16(21)8-15)12-3-5-28-11-12/h2-9,11H,10H2,1H3,(H2,23,25). The van der Waals surface area contributed by atoms with Crippen LogP contribution in [0.1, 0.15) is 16.8 Å². The molecule has 0 aliphatic carbocycles. The van der Waals surface area contributed by atoms with Gasteiger partial charge in [-0.25, -0.2) is 9.38 Å². The number of aromatic nitrogens is 1. The molecule has 0 radical (unpaired) electrons. The third-order valence-electron chi connectivity index (χ3n) is 4.78. The van der Waals surface area contributed by atoms with Crippen molar-refractivity contribution in [3.05, 3.63) is 75.2 Å². The number of carbonyl (C=O) groups is 1. The topological polar surface area (TPSA) is 71.6 Å². The van der Waals surface area contributed by atoms with Gasteiger partial charge < -0.3 is 5.73 Å². The normalized spacial score (nSPS) is 19.2. The fourth-order valence-electron chi connectivity index (χ4n) is 3.35. The number of rotatable bonds is 4. The second kappa shape index (κ2) is 7.00. The molecule has 28 heavy (non-hydrogen) atoms. The summed E-state index contributed by atoms with van der Waals surface area (Å²) < 4.78 is 13.2. The highest BCUT2D eigenvalue weighted by Crippen LogP contribution is 2.42. The molecule has 0 fully saturated rings. The molecule has 4 rings (SSSR count). The molecule has 142 valence electrons. The van der Waals surface area contributed by atoms with E-state index in [0.717, 1.165) is 11.1 Å². The smallest absolute Gasteiger partial charge is 0.266 e. The van der Waals surface area contributed by atoms with Crippen LogP contribution in [0.5, 0.6) is 0 Å². The Kier molecular flexibility index (Phi) is 4.64. The lowest BCUT2D eigenvalue weighted by molar-refractivity contribution is -0.129. The van der Waals surface area contributed by atoms with Crippen LogP contribution in [0.2, 0.25) is 5.02 Å². The third-order valence-corrected chi connectivity index (χ3v) is 5.68. The lowest BCUT2D eigenvalue weighted by Gasteiger charge is -2.27. The Morgan fingerprint density at radius 3 is 2.68 bits per heavy atom. The minimum absolute atomic E-state index is 0.0840. The van der Waals surface area contributed by atoms with E-state index in [9.17, 15) is 9.18 Å². The molecule has 0 saturated heterocycles. The second-order valence-corrected chi connectivity index (χ2v) is 7.67. The predicted octanol–water partition coefficient (Wildman–Crippen LogP) is 3.96. The summed E-state index contributed by atoms with van der Waals surface area (Å²) in [6.45, 7) is -0.747. The SMILES string of the molecule is CN1C(=O)C(c2cc(Cl)cc(-c3ccsc3)c2)(c2ccnc(CF)c2)N=C1N. The van der Waals surface area contributed by atoms with Crippen LogP contribution in [0.25, 0.3) is 11.1 Å². The number of guanidine groups is 1. The van der Waals surface area contributed by atoms with Gasteiger partial charge >= 0.3 is 0 Å². The first-order chi connectivity index (χ1) is 13.5. The van der Waals surface area contributed by atoms with Gasteiger partial charge in [0.1, 0.15) is 6.67 Å². The molecule has 1 amide bonds. The number of halogens is 2. The van der Waals surface area contributed by atoms with Crippen molar-refractivity contribution in [3.63, 3.8) is 0 Å². The highest BCUT2D eigenvalue weighted by Gasteiger charge is 2.50. The number of nitrogens with zero attached hydrogens (tertiary/aromatic N) is 3. The van der Waals surface area contributed by atoms with E-state index in [4.69, 9.17) is 17.3 Å². The summed E-state index contributed by atoms with van der Waals surface area (Å²) in [6, 6.07) is 10.6. The summed E-state index contributed by atoms with van der Waals surface area (Å²) in [4.78, 5) is 23.1. The number of hydrogen-bond donors (Lipinski definition) is 1. The van der Waals surface area contributed by atoms with E-state index in [1.807, 2.05) is 29.0 Å². The van der Waals surface area contributed by atoms with Crippen LogP contribution in [0, 0.1) is 0 Å². The van der Waals surface area contributed by atoms with E-state index in [0.29, 0.717) is 16.1 Å². The fraction of sp³-hybridized carbons (Fsp3) is 0.150. The molecular formula is C20H16ClFN4OS.